The van der Waals surface area contributed by atoms with Gasteiger partial charge in [0.2, 0.25) is 0 Å². The minimum Gasteiger partial charge on any atom is -0.397 e. The summed E-state index contributed by atoms with van der Waals surface area (Å²) in [6.45, 7) is 4.28. The van der Waals surface area contributed by atoms with Gasteiger partial charge in [-0.2, -0.15) is 0 Å². The van der Waals surface area contributed by atoms with Gasteiger partial charge in [0, 0.05) is 6.54 Å². The topological polar surface area (TPSA) is 58.3 Å². The Morgan fingerprint density at radius 1 is 1.50 bits per heavy atom. The first-order valence-corrected chi connectivity index (χ1v) is 5.84. The molecule has 4 N–H and O–H groups in total. The van der Waals surface area contributed by atoms with Crippen LogP contribution in [0.5, 0.6) is 0 Å². The maximum atomic E-state index is 10.0. The van der Waals surface area contributed by atoms with Gasteiger partial charge in [0.15, 0.2) is 0 Å². The van der Waals surface area contributed by atoms with Crippen molar-refractivity contribution in [1.29, 1.82) is 0 Å². The predicted octanol–water partition coefficient (Wildman–Crippen LogP) is 2.89. The van der Waals surface area contributed by atoms with Crippen LogP contribution >= 0.6 is 11.6 Å². The zero-order valence-electron chi connectivity index (χ0n) is 9.76. The fourth-order valence-electron chi connectivity index (χ4n) is 1.63. The molecular weight excluding hydrogens is 224 g/mol. The third kappa shape index (κ3) is 3.58. The Morgan fingerprint density at radius 2 is 2.19 bits per heavy atom. The summed E-state index contributed by atoms with van der Waals surface area (Å²) >= 11 is 6.01. The van der Waals surface area contributed by atoms with Crippen LogP contribution in [-0.4, -0.2) is 17.3 Å². The number of para-hydroxylation sites is 1. The molecule has 0 aromatic heterocycles. The van der Waals surface area contributed by atoms with Gasteiger partial charge in [-0.3, -0.25) is 0 Å². The third-order valence-corrected chi connectivity index (χ3v) is 2.80. The lowest BCUT2D eigenvalue weighted by Gasteiger charge is -2.24. The first-order valence-electron chi connectivity index (χ1n) is 5.46. The summed E-state index contributed by atoms with van der Waals surface area (Å²) < 4.78 is 0. The standard InChI is InChI=1S/C12H19ClN2O/c1-3-7-12(2,16)8-15-11-9(13)5-4-6-10(11)14/h4-6,15-16H,3,7-8,14H2,1-2H3. The molecule has 0 amide bonds. The number of nitrogens with one attached hydrogen (secondary N) is 1. The van der Waals surface area contributed by atoms with Crippen molar-refractivity contribution in [3.05, 3.63) is 23.2 Å². The van der Waals surface area contributed by atoms with Crippen LogP contribution in [0.3, 0.4) is 0 Å². The molecule has 0 saturated carbocycles. The van der Waals surface area contributed by atoms with E-state index in [0.29, 0.717) is 22.9 Å². The molecule has 0 bridgehead atoms. The molecule has 0 fully saturated rings. The molecular formula is C12H19ClN2O. The summed E-state index contributed by atoms with van der Waals surface area (Å²) in [5.74, 6) is 0. The number of aliphatic hydroxyl groups is 1. The summed E-state index contributed by atoms with van der Waals surface area (Å²) in [7, 11) is 0. The lowest BCUT2D eigenvalue weighted by atomic mass is 10.0. The van der Waals surface area contributed by atoms with E-state index in [4.69, 9.17) is 17.3 Å². The number of nitrogens with two attached hydrogens (primary N) is 1. The molecule has 16 heavy (non-hydrogen) atoms. The van der Waals surface area contributed by atoms with Crippen molar-refractivity contribution < 1.29 is 5.11 Å². The monoisotopic (exact) mass is 242 g/mol. The van der Waals surface area contributed by atoms with Crippen molar-refractivity contribution in [3.63, 3.8) is 0 Å². The molecule has 3 nitrogen and oxygen atoms in total. The number of hydrogen-bond donors (Lipinski definition) is 3. The molecule has 0 aliphatic heterocycles. The highest BCUT2D eigenvalue weighted by Gasteiger charge is 2.19. The number of nitrogen functional groups attached to an aromatic ring is 1. The van der Waals surface area contributed by atoms with Crippen LogP contribution < -0.4 is 11.1 Å². The van der Waals surface area contributed by atoms with Crippen LogP contribution in [0, 0.1) is 0 Å². The Hall–Kier alpha value is -0.930. The highest BCUT2D eigenvalue weighted by molar-refractivity contribution is 6.33. The second kappa shape index (κ2) is 5.41. The van der Waals surface area contributed by atoms with E-state index >= 15 is 0 Å². The Kier molecular flexibility index (Phi) is 4.44. The van der Waals surface area contributed by atoms with Gasteiger partial charge < -0.3 is 16.2 Å². The van der Waals surface area contributed by atoms with Crippen LogP contribution in [0.1, 0.15) is 26.7 Å². The molecule has 0 aliphatic carbocycles. The van der Waals surface area contributed by atoms with Crippen LogP contribution in [0.2, 0.25) is 5.02 Å². The molecule has 1 unspecified atom stereocenters. The van der Waals surface area contributed by atoms with Gasteiger partial charge in [-0.05, 0) is 25.5 Å². The lowest BCUT2D eigenvalue weighted by molar-refractivity contribution is 0.0637. The van der Waals surface area contributed by atoms with Gasteiger partial charge in [0.1, 0.15) is 0 Å². The number of benzene rings is 1. The molecule has 0 spiro atoms. The maximum absolute atomic E-state index is 10.0. The van der Waals surface area contributed by atoms with E-state index in [1.54, 1.807) is 25.1 Å². The second-order valence-corrected chi connectivity index (χ2v) is 4.71. The van der Waals surface area contributed by atoms with Crippen molar-refractivity contribution in [2.45, 2.75) is 32.3 Å². The van der Waals surface area contributed by atoms with Gasteiger partial charge in [0.05, 0.1) is 22.0 Å². The molecule has 1 rings (SSSR count). The summed E-state index contributed by atoms with van der Waals surface area (Å²) in [4.78, 5) is 0. The zero-order valence-corrected chi connectivity index (χ0v) is 10.5. The Bertz CT molecular complexity index is 333. The summed E-state index contributed by atoms with van der Waals surface area (Å²) in [6, 6.07) is 5.35. The van der Waals surface area contributed by atoms with E-state index in [1.165, 1.54) is 0 Å². The van der Waals surface area contributed by atoms with Crippen LogP contribution in [0.15, 0.2) is 18.2 Å². The van der Waals surface area contributed by atoms with E-state index < -0.39 is 5.60 Å². The summed E-state index contributed by atoms with van der Waals surface area (Å²) in [6.07, 6.45) is 1.68. The third-order valence-electron chi connectivity index (χ3n) is 2.48. The van der Waals surface area contributed by atoms with E-state index in [1.807, 2.05) is 6.92 Å². The Morgan fingerprint density at radius 3 is 2.75 bits per heavy atom. The molecule has 0 heterocycles. The van der Waals surface area contributed by atoms with E-state index in [0.717, 1.165) is 12.8 Å². The maximum Gasteiger partial charge on any atom is 0.0791 e. The van der Waals surface area contributed by atoms with Crippen molar-refractivity contribution in [1.82, 2.24) is 0 Å². The Balaban J connectivity index is 2.68. The largest absolute Gasteiger partial charge is 0.397 e. The van der Waals surface area contributed by atoms with Crippen molar-refractivity contribution in [2.24, 2.45) is 0 Å². The fourth-order valence-corrected chi connectivity index (χ4v) is 1.88. The van der Waals surface area contributed by atoms with Crippen LogP contribution in [-0.2, 0) is 0 Å². The fraction of sp³-hybridized carbons (Fsp3) is 0.500. The first-order chi connectivity index (χ1) is 7.46. The van der Waals surface area contributed by atoms with Crippen LogP contribution in [0.4, 0.5) is 11.4 Å². The smallest absolute Gasteiger partial charge is 0.0791 e. The van der Waals surface area contributed by atoms with Gasteiger partial charge in [0.25, 0.3) is 0 Å². The lowest BCUT2D eigenvalue weighted by Crippen LogP contribution is -2.33. The second-order valence-electron chi connectivity index (χ2n) is 4.30. The molecule has 0 saturated heterocycles. The van der Waals surface area contributed by atoms with E-state index in [9.17, 15) is 5.11 Å². The molecule has 90 valence electrons. The first kappa shape index (κ1) is 13.1. The van der Waals surface area contributed by atoms with Gasteiger partial charge in [-0.1, -0.05) is 31.0 Å². The van der Waals surface area contributed by atoms with Gasteiger partial charge >= 0.3 is 0 Å². The molecule has 1 aromatic rings. The number of anilines is 2. The number of rotatable bonds is 5. The Labute approximate surface area is 102 Å². The molecule has 0 radical (unpaired) electrons. The van der Waals surface area contributed by atoms with Gasteiger partial charge in [-0.15, -0.1) is 0 Å². The SMILES string of the molecule is CCCC(C)(O)CNc1c(N)cccc1Cl. The molecule has 0 aliphatic rings. The zero-order chi connectivity index (χ0) is 12.2. The minimum atomic E-state index is -0.736. The average Bonchev–Trinajstić information content (AvgIpc) is 2.16. The highest BCUT2D eigenvalue weighted by atomic mass is 35.5. The normalized spacial score (nSPS) is 14.5. The van der Waals surface area contributed by atoms with E-state index in [2.05, 4.69) is 5.32 Å². The number of hydrogen-bond acceptors (Lipinski definition) is 3. The van der Waals surface area contributed by atoms with Crippen molar-refractivity contribution >= 4 is 23.0 Å². The average molecular weight is 243 g/mol. The quantitative estimate of drug-likeness (QED) is 0.696. The molecule has 1 atom stereocenters. The highest BCUT2D eigenvalue weighted by Crippen LogP contribution is 2.28. The minimum absolute atomic E-state index is 0.439. The predicted molar refractivity (Wildman–Crippen MR) is 69.9 cm³/mol. The number of halogens is 1. The van der Waals surface area contributed by atoms with Crippen molar-refractivity contribution in [3.8, 4) is 0 Å². The molecule has 1 aromatic carbocycles. The van der Waals surface area contributed by atoms with E-state index in [-0.39, 0.29) is 0 Å². The summed E-state index contributed by atoms with van der Waals surface area (Å²) in [5, 5.41) is 13.7. The van der Waals surface area contributed by atoms with Gasteiger partial charge in [-0.25, -0.2) is 0 Å². The molecule has 4 heteroatoms. The summed E-state index contributed by atoms with van der Waals surface area (Å²) in [5.41, 5.74) is 6.35. The van der Waals surface area contributed by atoms with Crippen LogP contribution in [0.25, 0.3) is 0 Å². The van der Waals surface area contributed by atoms with Crippen molar-refractivity contribution in [2.75, 3.05) is 17.6 Å².